The van der Waals surface area contributed by atoms with Crippen LogP contribution in [0.4, 0.5) is 5.69 Å². The summed E-state index contributed by atoms with van der Waals surface area (Å²) in [6, 6.07) is 2.29. The summed E-state index contributed by atoms with van der Waals surface area (Å²) >= 11 is 0. The summed E-state index contributed by atoms with van der Waals surface area (Å²) in [7, 11) is 0. The Bertz CT molecular complexity index is 361. The van der Waals surface area contributed by atoms with Crippen LogP contribution in [0.5, 0.6) is 0 Å². The molecule has 1 aromatic heterocycles. The van der Waals surface area contributed by atoms with Gasteiger partial charge in [-0.3, -0.25) is 9.78 Å². The number of ketones is 1. The Labute approximate surface area is 88.9 Å². The average Bonchev–Trinajstić information content (AvgIpc) is 3.02. The third-order valence-corrected chi connectivity index (χ3v) is 2.49. The molecule has 0 spiro atoms. The maximum atomic E-state index is 11.6. The number of anilines is 1. The molecular formula is C11H15N3O. The van der Waals surface area contributed by atoms with Crippen LogP contribution >= 0.6 is 0 Å². The molecule has 2 rings (SSSR count). The van der Waals surface area contributed by atoms with Gasteiger partial charge in [-0.1, -0.05) is 0 Å². The van der Waals surface area contributed by atoms with E-state index in [9.17, 15) is 4.79 Å². The molecule has 1 heterocycles. The van der Waals surface area contributed by atoms with Gasteiger partial charge in [0.2, 0.25) is 0 Å². The quantitative estimate of drug-likeness (QED) is 0.735. The first-order chi connectivity index (χ1) is 7.25. The number of hydrogen-bond donors (Lipinski definition) is 2. The number of nitrogens with zero attached hydrogens (tertiary/aromatic N) is 1. The van der Waals surface area contributed by atoms with Crippen molar-refractivity contribution in [1.29, 1.82) is 0 Å². The summed E-state index contributed by atoms with van der Waals surface area (Å²) < 4.78 is 0. The molecule has 1 aliphatic rings. The number of pyridine rings is 1. The fraction of sp³-hybridized carbons (Fsp3) is 0.455. The van der Waals surface area contributed by atoms with E-state index in [4.69, 9.17) is 5.73 Å². The highest BCUT2D eigenvalue weighted by Gasteiger charge is 2.21. The van der Waals surface area contributed by atoms with Gasteiger partial charge in [0.05, 0.1) is 6.54 Å². The van der Waals surface area contributed by atoms with Crippen molar-refractivity contribution in [3.05, 3.63) is 24.0 Å². The van der Waals surface area contributed by atoms with Crippen molar-refractivity contribution in [2.75, 3.05) is 12.3 Å². The summed E-state index contributed by atoms with van der Waals surface area (Å²) in [4.78, 5) is 15.5. The first-order valence-corrected chi connectivity index (χ1v) is 5.19. The lowest BCUT2D eigenvalue weighted by Gasteiger charge is -2.04. The Morgan fingerprint density at radius 2 is 2.40 bits per heavy atom. The fourth-order valence-corrected chi connectivity index (χ4v) is 1.41. The number of nitrogens with one attached hydrogen (secondary N) is 1. The van der Waals surface area contributed by atoms with Crippen LogP contribution in [-0.2, 0) is 11.2 Å². The normalized spacial score (nSPS) is 15.2. The predicted octanol–water partition coefficient (Wildman–Crippen LogP) is 0.527. The highest BCUT2D eigenvalue weighted by molar-refractivity contribution is 5.84. The van der Waals surface area contributed by atoms with Gasteiger partial charge in [0.1, 0.15) is 0 Å². The van der Waals surface area contributed by atoms with Crippen molar-refractivity contribution in [2.24, 2.45) is 0 Å². The lowest BCUT2D eigenvalue weighted by atomic mass is 10.1. The Hall–Kier alpha value is -1.42. The minimum absolute atomic E-state index is 0.168. The second-order valence-electron chi connectivity index (χ2n) is 3.95. The van der Waals surface area contributed by atoms with E-state index >= 15 is 0 Å². The number of aromatic nitrogens is 1. The van der Waals surface area contributed by atoms with E-state index in [1.807, 2.05) is 0 Å². The van der Waals surface area contributed by atoms with E-state index < -0.39 is 0 Å². The van der Waals surface area contributed by atoms with Crippen LogP contribution in [0.15, 0.2) is 18.5 Å². The van der Waals surface area contributed by atoms with Crippen LogP contribution in [0, 0.1) is 0 Å². The molecule has 15 heavy (non-hydrogen) atoms. The molecule has 0 radical (unpaired) electrons. The molecule has 1 saturated carbocycles. The zero-order chi connectivity index (χ0) is 10.7. The SMILES string of the molecule is Nc1ccncc1CC(=O)CNC1CC1. The van der Waals surface area contributed by atoms with Gasteiger partial charge in [-0.25, -0.2) is 0 Å². The zero-order valence-corrected chi connectivity index (χ0v) is 8.57. The first kappa shape index (κ1) is 10.1. The van der Waals surface area contributed by atoms with Crippen molar-refractivity contribution in [1.82, 2.24) is 10.3 Å². The molecule has 1 fully saturated rings. The molecule has 1 aromatic rings. The predicted molar refractivity (Wildman–Crippen MR) is 58.4 cm³/mol. The van der Waals surface area contributed by atoms with Gasteiger partial charge < -0.3 is 11.1 Å². The van der Waals surface area contributed by atoms with E-state index in [1.54, 1.807) is 18.5 Å². The minimum atomic E-state index is 0.168. The van der Waals surface area contributed by atoms with Crippen LogP contribution in [0.1, 0.15) is 18.4 Å². The number of carbonyl (C=O) groups is 1. The van der Waals surface area contributed by atoms with Crippen molar-refractivity contribution < 1.29 is 4.79 Å². The Balaban J connectivity index is 1.84. The largest absolute Gasteiger partial charge is 0.398 e. The summed E-state index contributed by atoms with van der Waals surface area (Å²) in [5.41, 5.74) is 7.19. The van der Waals surface area contributed by atoms with Crippen LogP contribution in [0.3, 0.4) is 0 Å². The Morgan fingerprint density at radius 3 is 3.07 bits per heavy atom. The highest BCUT2D eigenvalue weighted by Crippen LogP contribution is 2.18. The molecule has 80 valence electrons. The molecule has 0 bridgehead atoms. The molecule has 0 atom stereocenters. The number of carbonyl (C=O) groups excluding carboxylic acids is 1. The van der Waals surface area contributed by atoms with Crippen LogP contribution in [0.2, 0.25) is 0 Å². The smallest absolute Gasteiger partial charge is 0.151 e. The van der Waals surface area contributed by atoms with Gasteiger partial charge in [0.15, 0.2) is 5.78 Å². The number of hydrogen-bond acceptors (Lipinski definition) is 4. The van der Waals surface area contributed by atoms with Crippen molar-refractivity contribution >= 4 is 11.5 Å². The lowest BCUT2D eigenvalue weighted by Crippen LogP contribution is -2.26. The standard InChI is InChI=1S/C11H15N3O/c12-11-3-4-13-6-8(11)5-10(15)7-14-9-1-2-9/h3-4,6,9,14H,1-2,5,7H2,(H2,12,13). The number of nitrogen functional groups attached to an aromatic ring is 1. The topological polar surface area (TPSA) is 68.0 Å². The van der Waals surface area contributed by atoms with Crippen LogP contribution in [-0.4, -0.2) is 23.4 Å². The molecular weight excluding hydrogens is 190 g/mol. The summed E-state index contributed by atoms with van der Waals surface area (Å²) in [5, 5.41) is 3.19. The maximum Gasteiger partial charge on any atom is 0.151 e. The van der Waals surface area contributed by atoms with Crippen molar-refractivity contribution in [2.45, 2.75) is 25.3 Å². The van der Waals surface area contributed by atoms with Gasteiger partial charge >= 0.3 is 0 Å². The Morgan fingerprint density at radius 1 is 1.60 bits per heavy atom. The third kappa shape index (κ3) is 3.02. The average molecular weight is 205 g/mol. The molecule has 0 aromatic carbocycles. The summed E-state index contributed by atoms with van der Waals surface area (Å²) in [6.45, 7) is 0.443. The van der Waals surface area contributed by atoms with Gasteiger partial charge in [0.25, 0.3) is 0 Å². The summed E-state index contributed by atoms with van der Waals surface area (Å²) in [5.74, 6) is 0.168. The van der Waals surface area contributed by atoms with Crippen LogP contribution in [0.25, 0.3) is 0 Å². The van der Waals surface area contributed by atoms with Gasteiger partial charge in [-0.05, 0) is 18.9 Å². The molecule has 0 saturated heterocycles. The summed E-state index contributed by atoms with van der Waals surface area (Å²) in [6.07, 6.45) is 6.06. The van der Waals surface area contributed by atoms with Gasteiger partial charge in [-0.2, -0.15) is 0 Å². The van der Waals surface area contributed by atoms with E-state index in [-0.39, 0.29) is 5.78 Å². The number of Topliss-reactive ketones (excluding diaryl/α,β-unsaturated/α-hetero) is 1. The fourth-order valence-electron chi connectivity index (χ4n) is 1.41. The molecule has 0 unspecified atom stereocenters. The zero-order valence-electron chi connectivity index (χ0n) is 8.57. The van der Waals surface area contributed by atoms with Crippen molar-refractivity contribution in [3.63, 3.8) is 0 Å². The van der Waals surface area contributed by atoms with Gasteiger partial charge in [-0.15, -0.1) is 0 Å². The molecule has 0 amide bonds. The second-order valence-corrected chi connectivity index (χ2v) is 3.95. The second kappa shape index (κ2) is 4.40. The van der Waals surface area contributed by atoms with Gasteiger partial charge in [0, 0.05) is 36.1 Å². The van der Waals surface area contributed by atoms with Crippen molar-refractivity contribution in [3.8, 4) is 0 Å². The number of nitrogens with two attached hydrogens (primary N) is 1. The first-order valence-electron chi connectivity index (χ1n) is 5.19. The highest BCUT2D eigenvalue weighted by atomic mass is 16.1. The minimum Gasteiger partial charge on any atom is -0.398 e. The molecule has 1 aliphatic carbocycles. The number of rotatable bonds is 5. The monoisotopic (exact) mass is 205 g/mol. The van der Waals surface area contributed by atoms with E-state index in [2.05, 4.69) is 10.3 Å². The van der Waals surface area contributed by atoms with Crippen LogP contribution < -0.4 is 11.1 Å². The van der Waals surface area contributed by atoms with E-state index in [1.165, 1.54) is 12.8 Å². The third-order valence-electron chi connectivity index (χ3n) is 2.49. The van der Waals surface area contributed by atoms with E-state index in [0.29, 0.717) is 24.7 Å². The molecule has 4 heteroatoms. The van der Waals surface area contributed by atoms with E-state index in [0.717, 1.165) is 5.56 Å². The molecule has 4 nitrogen and oxygen atoms in total. The molecule has 3 N–H and O–H groups in total. The Kier molecular flexibility index (Phi) is 2.97. The maximum absolute atomic E-state index is 11.6. The molecule has 0 aliphatic heterocycles. The lowest BCUT2D eigenvalue weighted by molar-refractivity contribution is -0.117.